The number of ether oxygens (including phenoxy) is 4. The number of hydrogen-bond donors (Lipinski definition) is 3. The van der Waals surface area contributed by atoms with E-state index in [-0.39, 0.29) is 22.3 Å². The van der Waals surface area contributed by atoms with Crippen LogP contribution in [0.1, 0.15) is 27.7 Å². The lowest BCUT2D eigenvalue weighted by Crippen LogP contribution is -2.54. The van der Waals surface area contributed by atoms with Gasteiger partial charge in [-0.25, -0.2) is 19.2 Å². The average Bonchev–Trinajstić information content (AvgIpc) is 2.76. The van der Waals surface area contributed by atoms with Crippen LogP contribution in [0, 0.1) is 0 Å². The lowest BCUT2D eigenvalue weighted by molar-refractivity contribution is -0.200. The second-order valence-electron chi connectivity index (χ2n) is 7.48. The summed E-state index contributed by atoms with van der Waals surface area (Å²) in [5.74, 6) is -4.06. The molecule has 0 rings (SSSR count). The molecule has 0 saturated carbocycles. The summed E-state index contributed by atoms with van der Waals surface area (Å²) >= 11 is 0. The highest BCUT2D eigenvalue weighted by molar-refractivity contribution is 7.39. The Labute approximate surface area is 204 Å². The number of carbonyl (C=O) groups is 4. The zero-order valence-electron chi connectivity index (χ0n) is 20.0. The summed E-state index contributed by atoms with van der Waals surface area (Å²) in [5.41, 5.74) is -0.373. The molecule has 0 bridgehead atoms. The maximum absolute atomic E-state index is 12.4. The number of aliphatic hydroxyl groups excluding tert-OH is 1. The molecule has 0 heterocycles. The Morgan fingerprint density at radius 2 is 0.971 bits per heavy atom. The van der Waals surface area contributed by atoms with E-state index in [1.165, 1.54) is 27.7 Å². The van der Waals surface area contributed by atoms with E-state index < -0.39 is 70.1 Å². The van der Waals surface area contributed by atoms with Crippen molar-refractivity contribution in [3.05, 3.63) is 48.6 Å². The molecule has 13 heteroatoms. The van der Waals surface area contributed by atoms with Gasteiger partial charge >= 0.3 is 32.5 Å². The SMILES string of the molecule is C=C(C)C(=O)OC(CO)C(OC(=O)C(=C)C)C(OC(=O)C(=C)C)C(COP(O)O)OC(=O)C(=C)C. The molecule has 0 amide bonds. The Kier molecular flexibility index (Phi) is 13.9. The molecule has 4 atom stereocenters. The summed E-state index contributed by atoms with van der Waals surface area (Å²) in [6, 6.07) is 0. The molecule has 3 N–H and O–H groups in total. The van der Waals surface area contributed by atoms with E-state index >= 15 is 0 Å². The molecule has 0 spiro atoms. The van der Waals surface area contributed by atoms with Crippen LogP contribution in [-0.4, -0.2) is 76.4 Å². The van der Waals surface area contributed by atoms with Gasteiger partial charge in [0.25, 0.3) is 0 Å². The number of carbonyl (C=O) groups excluding carboxylic acids is 4. The van der Waals surface area contributed by atoms with Crippen LogP contribution in [0.15, 0.2) is 48.6 Å². The quantitative estimate of drug-likeness (QED) is 0.122. The summed E-state index contributed by atoms with van der Waals surface area (Å²) in [7, 11) is -2.96. The van der Waals surface area contributed by atoms with Crippen molar-refractivity contribution in [2.75, 3.05) is 13.2 Å². The molecule has 0 aromatic carbocycles. The first-order valence-electron chi connectivity index (χ1n) is 9.99. The first-order valence-corrected chi connectivity index (χ1v) is 11.2. The predicted octanol–water partition coefficient (Wildman–Crippen LogP) is 1.16. The Morgan fingerprint density at radius 3 is 1.29 bits per heavy atom. The van der Waals surface area contributed by atoms with E-state index in [2.05, 4.69) is 26.3 Å². The van der Waals surface area contributed by atoms with Gasteiger partial charge < -0.3 is 38.4 Å². The molecule has 4 unspecified atom stereocenters. The molecule has 0 saturated heterocycles. The maximum atomic E-state index is 12.4. The van der Waals surface area contributed by atoms with Gasteiger partial charge in [0.15, 0.2) is 24.4 Å². The summed E-state index contributed by atoms with van der Waals surface area (Å²) in [4.78, 5) is 67.6. The highest BCUT2D eigenvalue weighted by Crippen LogP contribution is 2.28. The van der Waals surface area contributed by atoms with E-state index in [4.69, 9.17) is 23.5 Å². The Morgan fingerprint density at radius 1 is 0.657 bits per heavy atom. The Bertz CT molecular complexity index is 862. The summed E-state index contributed by atoms with van der Waals surface area (Å²) < 4.78 is 25.8. The van der Waals surface area contributed by atoms with Crippen LogP contribution in [0.2, 0.25) is 0 Å². The van der Waals surface area contributed by atoms with Crippen LogP contribution in [0.3, 0.4) is 0 Å². The van der Waals surface area contributed by atoms with Gasteiger partial charge in [-0.3, -0.25) is 0 Å². The summed E-state index contributed by atoms with van der Waals surface area (Å²) in [6.45, 7) is 17.2. The minimum absolute atomic E-state index is 0.0660. The van der Waals surface area contributed by atoms with Crippen molar-refractivity contribution in [2.24, 2.45) is 0 Å². The third-order valence-electron chi connectivity index (χ3n) is 3.99. The Hall–Kier alpha value is -2.89. The molecule has 0 aromatic rings. The highest BCUT2D eigenvalue weighted by Gasteiger charge is 2.45. The van der Waals surface area contributed by atoms with Crippen LogP contribution in [0.5, 0.6) is 0 Å². The van der Waals surface area contributed by atoms with Gasteiger partial charge in [0, 0.05) is 22.3 Å². The minimum atomic E-state index is -2.96. The van der Waals surface area contributed by atoms with E-state index in [0.29, 0.717) is 0 Å². The third-order valence-corrected chi connectivity index (χ3v) is 4.37. The molecule has 0 aliphatic heterocycles. The van der Waals surface area contributed by atoms with Crippen LogP contribution in [0.4, 0.5) is 0 Å². The van der Waals surface area contributed by atoms with Crippen molar-refractivity contribution in [3.8, 4) is 0 Å². The largest absolute Gasteiger partial charge is 0.452 e. The van der Waals surface area contributed by atoms with Crippen molar-refractivity contribution in [3.63, 3.8) is 0 Å². The van der Waals surface area contributed by atoms with E-state index in [1.54, 1.807) is 0 Å². The maximum Gasteiger partial charge on any atom is 0.333 e. The molecule has 12 nitrogen and oxygen atoms in total. The van der Waals surface area contributed by atoms with Crippen molar-refractivity contribution >= 4 is 32.5 Å². The number of esters is 4. The number of hydrogen-bond acceptors (Lipinski definition) is 12. The minimum Gasteiger partial charge on any atom is -0.452 e. The zero-order valence-corrected chi connectivity index (χ0v) is 20.9. The number of rotatable bonds is 15. The van der Waals surface area contributed by atoms with Gasteiger partial charge in [0.05, 0.1) is 13.2 Å². The third kappa shape index (κ3) is 11.4. The first-order chi connectivity index (χ1) is 16.1. The van der Waals surface area contributed by atoms with Gasteiger partial charge in [0.1, 0.15) is 0 Å². The number of aliphatic hydroxyl groups is 1. The summed E-state index contributed by atoms with van der Waals surface area (Å²) in [6.07, 6.45) is -6.95. The smallest absolute Gasteiger partial charge is 0.333 e. The molecular weight excluding hydrogens is 487 g/mol. The fraction of sp³-hybridized carbons (Fsp3) is 0.455. The van der Waals surface area contributed by atoms with Gasteiger partial charge in [-0.2, -0.15) is 0 Å². The lowest BCUT2D eigenvalue weighted by atomic mass is 10.0. The molecule has 35 heavy (non-hydrogen) atoms. The average molecular weight is 518 g/mol. The van der Waals surface area contributed by atoms with E-state index in [0.717, 1.165) is 0 Å². The fourth-order valence-electron chi connectivity index (χ4n) is 2.18. The monoisotopic (exact) mass is 518 g/mol. The molecule has 0 aliphatic carbocycles. The predicted molar refractivity (Wildman–Crippen MR) is 123 cm³/mol. The van der Waals surface area contributed by atoms with Crippen LogP contribution >= 0.6 is 8.60 Å². The second kappa shape index (κ2) is 15.2. The van der Waals surface area contributed by atoms with E-state index in [9.17, 15) is 34.1 Å². The molecule has 0 fully saturated rings. The second-order valence-corrected chi connectivity index (χ2v) is 8.24. The van der Waals surface area contributed by atoms with Crippen LogP contribution < -0.4 is 0 Å². The van der Waals surface area contributed by atoms with Gasteiger partial charge in [-0.05, 0) is 27.7 Å². The molecule has 0 radical (unpaired) electrons. The van der Waals surface area contributed by atoms with Crippen LogP contribution in [0.25, 0.3) is 0 Å². The van der Waals surface area contributed by atoms with Crippen LogP contribution in [-0.2, 0) is 42.6 Å². The topological polar surface area (TPSA) is 175 Å². The molecule has 0 aliphatic rings. The highest BCUT2D eigenvalue weighted by atomic mass is 31.2. The zero-order chi connectivity index (χ0) is 27.5. The fourth-order valence-corrected chi connectivity index (χ4v) is 2.46. The summed E-state index contributed by atoms with van der Waals surface area (Å²) in [5, 5.41) is 9.93. The molecular formula is C22H31O12P. The van der Waals surface area contributed by atoms with Gasteiger partial charge in [-0.1, -0.05) is 26.3 Å². The van der Waals surface area contributed by atoms with Gasteiger partial charge in [-0.15, -0.1) is 0 Å². The van der Waals surface area contributed by atoms with Crippen molar-refractivity contribution < 1.29 is 57.5 Å². The molecule has 196 valence electrons. The Balaban J connectivity index is 6.72. The lowest BCUT2D eigenvalue weighted by Gasteiger charge is -2.35. The van der Waals surface area contributed by atoms with E-state index in [1.807, 2.05) is 0 Å². The standard InChI is InChI=1S/C22H31O12P/c1-11(2)19(24)31-15(9-23)17(33-21(26)13(5)6)18(34-22(27)14(7)8)16(10-30-35(28)29)32-20(25)12(3)4/h15-18,23,28-29H,1,3,5,7,9-10H2,2,4,6,8H3. The molecule has 0 aromatic heterocycles. The van der Waals surface area contributed by atoms with Crippen molar-refractivity contribution in [2.45, 2.75) is 52.1 Å². The van der Waals surface area contributed by atoms with Gasteiger partial charge in [0.2, 0.25) is 0 Å². The normalized spacial score (nSPS) is 14.1. The van der Waals surface area contributed by atoms with Crippen molar-refractivity contribution in [1.82, 2.24) is 0 Å². The first kappa shape index (κ1) is 32.1. The van der Waals surface area contributed by atoms with Crippen molar-refractivity contribution in [1.29, 1.82) is 0 Å².